The third-order valence-electron chi connectivity index (χ3n) is 4.66. The van der Waals surface area contributed by atoms with Crippen molar-refractivity contribution >= 4 is 5.91 Å². The molecule has 0 spiro atoms. The van der Waals surface area contributed by atoms with Crippen molar-refractivity contribution in [1.29, 1.82) is 0 Å². The van der Waals surface area contributed by atoms with Crippen molar-refractivity contribution in [2.45, 2.75) is 64.0 Å². The molecule has 2 atom stereocenters. The Morgan fingerprint density at radius 2 is 1.90 bits per heavy atom. The number of hydrogen-bond donors (Lipinski definition) is 2. The first-order valence-electron chi connectivity index (χ1n) is 8.26. The number of nitrogens with one attached hydrogen (secondary N) is 1. The molecule has 1 amide bonds. The summed E-state index contributed by atoms with van der Waals surface area (Å²) in [4.78, 5) is 12.1. The topological polar surface area (TPSA) is 55.1 Å². The molecule has 1 saturated carbocycles. The highest BCUT2D eigenvalue weighted by atomic mass is 16.1. The number of amides is 1. The number of rotatable bonds is 6. The van der Waals surface area contributed by atoms with E-state index >= 15 is 0 Å². The summed E-state index contributed by atoms with van der Waals surface area (Å²) in [5, 5.41) is 3.16. The second-order valence-electron chi connectivity index (χ2n) is 6.31. The van der Waals surface area contributed by atoms with Crippen molar-refractivity contribution in [3.05, 3.63) is 35.9 Å². The summed E-state index contributed by atoms with van der Waals surface area (Å²) < 4.78 is 0. The van der Waals surface area contributed by atoms with Crippen molar-refractivity contribution < 1.29 is 4.79 Å². The van der Waals surface area contributed by atoms with Gasteiger partial charge >= 0.3 is 0 Å². The fraction of sp³-hybridized carbons (Fsp3) is 0.611. The predicted octanol–water partition coefficient (Wildman–Crippen LogP) is 3.55. The first kappa shape index (κ1) is 16.0. The summed E-state index contributed by atoms with van der Waals surface area (Å²) >= 11 is 0. The van der Waals surface area contributed by atoms with Crippen LogP contribution in [0.2, 0.25) is 0 Å². The van der Waals surface area contributed by atoms with E-state index in [2.05, 4.69) is 12.2 Å². The number of hydrogen-bond acceptors (Lipinski definition) is 2. The quantitative estimate of drug-likeness (QED) is 0.841. The van der Waals surface area contributed by atoms with E-state index in [4.69, 9.17) is 5.73 Å². The normalized spacial score (nSPS) is 19.0. The standard InChI is InChI=1S/C18H28N2O/c1-14(15-8-4-2-5-9-15)20-18(21)13-12-17(19)16-10-6-3-7-11-16/h3,6-7,10-11,14-15,17H,2,4-5,8-9,12-13,19H2,1H3,(H,20,21)/t14-,17?/m0/s1. The molecule has 3 heteroatoms. The Labute approximate surface area is 128 Å². The molecule has 1 aromatic rings. The molecule has 3 nitrogen and oxygen atoms in total. The van der Waals surface area contributed by atoms with Crippen molar-refractivity contribution in [1.82, 2.24) is 5.32 Å². The number of nitrogens with two attached hydrogens (primary N) is 1. The lowest BCUT2D eigenvalue weighted by atomic mass is 9.84. The molecule has 1 fully saturated rings. The minimum absolute atomic E-state index is 0.0538. The summed E-state index contributed by atoms with van der Waals surface area (Å²) in [6.07, 6.45) is 7.69. The second-order valence-corrected chi connectivity index (χ2v) is 6.31. The first-order valence-corrected chi connectivity index (χ1v) is 8.26. The Hall–Kier alpha value is -1.35. The third kappa shape index (κ3) is 5.16. The zero-order chi connectivity index (χ0) is 15.1. The van der Waals surface area contributed by atoms with Crippen molar-refractivity contribution in [2.75, 3.05) is 0 Å². The fourth-order valence-corrected chi connectivity index (χ4v) is 3.23. The molecule has 21 heavy (non-hydrogen) atoms. The van der Waals surface area contributed by atoms with Crippen LogP contribution < -0.4 is 11.1 Å². The Bertz CT molecular complexity index is 426. The predicted molar refractivity (Wildman–Crippen MR) is 86.8 cm³/mol. The minimum Gasteiger partial charge on any atom is -0.353 e. The lowest BCUT2D eigenvalue weighted by molar-refractivity contribution is -0.122. The Balaban J connectivity index is 1.71. The van der Waals surface area contributed by atoms with Gasteiger partial charge in [-0.05, 0) is 37.7 Å². The van der Waals surface area contributed by atoms with E-state index in [1.165, 1.54) is 32.1 Å². The summed E-state index contributed by atoms with van der Waals surface area (Å²) in [6.45, 7) is 2.14. The van der Waals surface area contributed by atoms with E-state index in [9.17, 15) is 4.79 Å². The van der Waals surface area contributed by atoms with Crippen LogP contribution in [0.3, 0.4) is 0 Å². The van der Waals surface area contributed by atoms with E-state index in [-0.39, 0.29) is 11.9 Å². The van der Waals surface area contributed by atoms with Gasteiger partial charge < -0.3 is 11.1 Å². The molecule has 0 bridgehead atoms. The lowest BCUT2D eigenvalue weighted by Gasteiger charge is -2.28. The summed E-state index contributed by atoms with van der Waals surface area (Å²) in [5.74, 6) is 0.796. The van der Waals surface area contributed by atoms with Crippen LogP contribution in [-0.2, 0) is 4.79 Å². The van der Waals surface area contributed by atoms with Crippen molar-refractivity contribution in [3.63, 3.8) is 0 Å². The third-order valence-corrected chi connectivity index (χ3v) is 4.66. The SMILES string of the molecule is C[C@H](NC(=O)CCC(N)c1ccccc1)C1CCCCC1. The van der Waals surface area contributed by atoms with Crippen LogP contribution >= 0.6 is 0 Å². The molecule has 0 aliphatic heterocycles. The molecule has 2 rings (SSSR count). The van der Waals surface area contributed by atoms with E-state index in [1.54, 1.807) is 0 Å². The van der Waals surface area contributed by atoms with E-state index in [0.717, 1.165) is 5.56 Å². The van der Waals surface area contributed by atoms with Gasteiger partial charge in [0.1, 0.15) is 0 Å². The lowest BCUT2D eigenvalue weighted by Crippen LogP contribution is -2.39. The zero-order valence-electron chi connectivity index (χ0n) is 13.1. The van der Waals surface area contributed by atoms with Crippen LogP contribution in [0.1, 0.15) is 63.5 Å². The van der Waals surface area contributed by atoms with Gasteiger partial charge in [-0.1, -0.05) is 49.6 Å². The Kier molecular flexibility index (Phi) is 6.24. The molecular weight excluding hydrogens is 260 g/mol. The number of carbonyl (C=O) groups excluding carboxylic acids is 1. The van der Waals surface area contributed by atoms with E-state index < -0.39 is 0 Å². The molecule has 0 radical (unpaired) electrons. The van der Waals surface area contributed by atoms with Crippen molar-refractivity contribution in [2.24, 2.45) is 11.7 Å². The average molecular weight is 288 g/mol. The monoisotopic (exact) mass is 288 g/mol. The summed E-state index contributed by atoms with van der Waals surface area (Å²) in [5.41, 5.74) is 7.24. The first-order chi connectivity index (χ1) is 10.2. The molecule has 0 saturated heterocycles. The molecular formula is C18H28N2O. The van der Waals surface area contributed by atoms with Crippen LogP contribution in [0.4, 0.5) is 0 Å². The van der Waals surface area contributed by atoms with Gasteiger partial charge in [0.15, 0.2) is 0 Å². The molecule has 1 unspecified atom stereocenters. The largest absolute Gasteiger partial charge is 0.353 e. The molecule has 0 aromatic heterocycles. The summed E-state index contributed by atoms with van der Waals surface area (Å²) in [6, 6.07) is 10.2. The van der Waals surface area contributed by atoms with Crippen LogP contribution in [0, 0.1) is 5.92 Å². The number of carbonyl (C=O) groups is 1. The van der Waals surface area contributed by atoms with Crippen LogP contribution in [-0.4, -0.2) is 11.9 Å². The maximum absolute atomic E-state index is 12.1. The summed E-state index contributed by atoms with van der Waals surface area (Å²) in [7, 11) is 0. The molecule has 0 heterocycles. The van der Waals surface area contributed by atoms with Gasteiger partial charge in [0, 0.05) is 18.5 Å². The van der Waals surface area contributed by atoms with E-state index in [0.29, 0.717) is 24.8 Å². The van der Waals surface area contributed by atoms with Crippen LogP contribution in [0.25, 0.3) is 0 Å². The maximum Gasteiger partial charge on any atom is 0.220 e. The minimum atomic E-state index is -0.0538. The second kappa shape index (κ2) is 8.18. The van der Waals surface area contributed by atoms with Gasteiger partial charge in [0.05, 0.1) is 0 Å². The average Bonchev–Trinajstić information content (AvgIpc) is 2.54. The van der Waals surface area contributed by atoms with Crippen LogP contribution in [0.5, 0.6) is 0 Å². The highest BCUT2D eigenvalue weighted by Gasteiger charge is 2.21. The number of benzene rings is 1. The highest BCUT2D eigenvalue weighted by Crippen LogP contribution is 2.26. The molecule has 1 aromatic carbocycles. The zero-order valence-corrected chi connectivity index (χ0v) is 13.1. The van der Waals surface area contributed by atoms with Gasteiger partial charge in [-0.3, -0.25) is 4.79 Å². The molecule has 116 valence electrons. The molecule has 1 aliphatic rings. The van der Waals surface area contributed by atoms with Gasteiger partial charge in [-0.15, -0.1) is 0 Å². The van der Waals surface area contributed by atoms with Gasteiger partial charge in [0.2, 0.25) is 5.91 Å². The Morgan fingerprint density at radius 3 is 2.57 bits per heavy atom. The molecule has 1 aliphatic carbocycles. The van der Waals surface area contributed by atoms with Gasteiger partial charge in [-0.2, -0.15) is 0 Å². The van der Waals surface area contributed by atoms with E-state index in [1.807, 2.05) is 30.3 Å². The fourth-order valence-electron chi connectivity index (χ4n) is 3.23. The van der Waals surface area contributed by atoms with Crippen LogP contribution in [0.15, 0.2) is 30.3 Å². The van der Waals surface area contributed by atoms with Crippen molar-refractivity contribution in [3.8, 4) is 0 Å². The smallest absolute Gasteiger partial charge is 0.220 e. The van der Waals surface area contributed by atoms with Gasteiger partial charge in [-0.25, -0.2) is 0 Å². The maximum atomic E-state index is 12.1. The highest BCUT2D eigenvalue weighted by molar-refractivity contribution is 5.76. The molecule has 3 N–H and O–H groups in total. The Morgan fingerprint density at radius 1 is 1.24 bits per heavy atom. The van der Waals surface area contributed by atoms with Gasteiger partial charge in [0.25, 0.3) is 0 Å².